The Morgan fingerprint density at radius 3 is 2.39 bits per heavy atom. The van der Waals surface area contributed by atoms with E-state index in [-0.39, 0.29) is 19.0 Å². The van der Waals surface area contributed by atoms with Gasteiger partial charge in [-0.1, -0.05) is 54.6 Å². The molecule has 0 saturated heterocycles. The quantitative estimate of drug-likeness (QED) is 0.226. The molecule has 3 rings (SSSR count). The van der Waals surface area contributed by atoms with E-state index < -0.39 is 5.97 Å². The molecule has 1 N–H and O–H groups in total. The summed E-state index contributed by atoms with van der Waals surface area (Å²) in [5.74, 6) is -0.147. The number of carbonyl (C=O) groups excluding carboxylic acids is 1. The number of carbonyl (C=O) groups is 1. The van der Waals surface area contributed by atoms with Crippen molar-refractivity contribution in [3.63, 3.8) is 0 Å². The zero-order valence-corrected chi connectivity index (χ0v) is 18.9. The summed E-state index contributed by atoms with van der Waals surface area (Å²) >= 11 is 0. The molecule has 0 aromatic heterocycles. The summed E-state index contributed by atoms with van der Waals surface area (Å²) in [6.07, 6.45) is 2.92. The number of unbranched alkanes of at least 4 members (excludes halogenated alkanes) is 1. The van der Waals surface area contributed by atoms with Gasteiger partial charge < -0.3 is 14.6 Å². The number of benzene rings is 3. The van der Waals surface area contributed by atoms with Gasteiger partial charge in [-0.3, -0.25) is 0 Å². The molecule has 0 bridgehead atoms. The third-order valence-electron chi connectivity index (χ3n) is 5.32. The van der Waals surface area contributed by atoms with E-state index in [1.807, 2.05) is 55.5 Å². The number of aliphatic hydroxyl groups excluding tert-OH is 1. The molecule has 4 nitrogen and oxygen atoms in total. The Morgan fingerprint density at radius 1 is 0.970 bits per heavy atom. The van der Waals surface area contributed by atoms with Gasteiger partial charge in [0.15, 0.2) is 0 Å². The van der Waals surface area contributed by atoms with Crippen molar-refractivity contribution in [2.75, 3.05) is 19.8 Å². The highest BCUT2D eigenvalue weighted by atomic mass is 19.1. The minimum absolute atomic E-state index is 0.116. The van der Waals surface area contributed by atoms with Crippen molar-refractivity contribution in [1.29, 1.82) is 0 Å². The second-order valence-electron chi connectivity index (χ2n) is 7.78. The van der Waals surface area contributed by atoms with E-state index in [1.54, 1.807) is 12.1 Å². The van der Waals surface area contributed by atoms with Gasteiger partial charge in [0.1, 0.15) is 11.6 Å². The summed E-state index contributed by atoms with van der Waals surface area (Å²) in [6.45, 7) is 6.15. The van der Waals surface area contributed by atoms with Crippen LogP contribution in [0, 0.1) is 12.7 Å². The molecule has 3 aromatic carbocycles. The van der Waals surface area contributed by atoms with Crippen molar-refractivity contribution in [3.8, 4) is 28.0 Å². The Labute approximate surface area is 194 Å². The van der Waals surface area contributed by atoms with Gasteiger partial charge in [-0.05, 0) is 60.2 Å². The van der Waals surface area contributed by atoms with Gasteiger partial charge in [-0.25, -0.2) is 9.18 Å². The lowest BCUT2D eigenvalue weighted by atomic mass is 9.97. The zero-order chi connectivity index (χ0) is 23.6. The molecule has 0 fully saturated rings. The van der Waals surface area contributed by atoms with Gasteiger partial charge in [0.05, 0.1) is 13.2 Å². The second-order valence-corrected chi connectivity index (χ2v) is 7.78. The first-order chi connectivity index (χ1) is 16.0. The fraction of sp³-hybridized carbons (Fsp3) is 0.250. The number of aliphatic hydroxyl groups is 1. The lowest BCUT2D eigenvalue weighted by Crippen LogP contribution is -2.07. The number of ether oxygens (including phenoxy) is 2. The topological polar surface area (TPSA) is 55.8 Å². The number of rotatable bonds is 11. The maximum Gasteiger partial charge on any atom is 0.330 e. The van der Waals surface area contributed by atoms with Crippen molar-refractivity contribution in [2.24, 2.45) is 0 Å². The number of hydrogen-bond donors (Lipinski definition) is 1. The van der Waals surface area contributed by atoms with Crippen molar-refractivity contribution in [2.45, 2.75) is 26.2 Å². The Morgan fingerprint density at radius 2 is 1.70 bits per heavy atom. The van der Waals surface area contributed by atoms with Gasteiger partial charge in [-0.15, -0.1) is 0 Å². The molecule has 0 atom stereocenters. The van der Waals surface area contributed by atoms with Crippen molar-refractivity contribution >= 4 is 5.97 Å². The van der Waals surface area contributed by atoms with E-state index in [2.05, 4.69) is 6.58 Å². The SMILES string of the molecule is C=CC(=O)OCCc1cc(-c2ccc(-c3ccc(C)cc3)cc2F)ccc1OCCCCO. The van der Waals surface area contributed by atoms with Crippen LogP contribution in [0.4, 0.5) is 4.39 Å². The van der Waals surface area contributed by atoms with Crippen LogP contribution in [-0.4, -0.2) is 30.9 Å². The summed E-state index contributed by atoms with van der Waals surface area (Å²) < 4.78 is 26.1. The molecule has 0 spiro atoms. The maximum absolute atomic E-state index is 15.1. The van der Waals surface area contributed by atoms with Crippen LogP contribution in [-0.2, 0) is 16.0 Å². The van der Waals surface area contributed by atoms with Crippen molar-refractivity contribution < 1.29 is 23.8 Å². The molecule has 0 saturated carbocycles. The van der Waals surface area contributed by atoms with Crippen LogP contribution in [0.25, 0.3) is 22.3 Å². The van der Waals surface area contributed by atoms with Gasteiger partial charge >= 0.3 is 5.97 Å². The first-order valence-electron chi connectivity index (χ1n) is 11.0. The Hall–Kier alpha value is -3.44. The first kappa shape index (κ1) is 24.2. The monoisotopic (exact) mass is 448 g/mol. The summed E-state index contributed by atoms with van der Waals surface area (Å²) in [5, 5.41) is 8.95. The van der Waals surface area contributed by atoms with Gasteiger partial charge in [0.2, 0.25) is 0 Å². The van der Waals surface area contributed by atoms with Crippen molar-refractivity contribution in [1.82, 2.24) is 0 Å². The summed E-state index contributed by atoms with van der Waals surface area (Å²) in [4.78, 5) is 11.4. The van der Waals surface area contributed by atoms with Crippen LogP contribution in [0.5, 0.6) is 5.75 Å². The molecule has 0 aliphatic carbocycles. The van der Waals surface area contributed by atoms with Crippen LogP contribution in [0.15, 0.2) is 73.3 Å². The fourth-order valence-corrected chi connectivity index (χ4v) is 3.47. The molecule has 0 heterocycles. The van der Waals surface area contributed by atoms with E-state index in [9.17, 15) is 4.79 Å². The molecule has 5 heteroatoms. The fourth-order valence-electron chi connectivity index (χ4n) is 3.47. The molecule has 0 aliphatic heterocycles. The van der Waals surface area contributed by atoms with Crippen LogP contribution >= 0.6 is 0 Å². The van der Waals surface area contributed by atoms with Crippen LogP contribution in [0.1, 0.15) is 24.0 Å². The number of esters is 1. The van der Waals surface area contributed by atoms with Gasteiger partial charge in [0.25, 0.3) is 0 Å². The maximum atomic E-state index is 15.1. The van der Waals surface area contributed by atoms with Crippen LogP contribution in [0.2, 0.25) is 0 Å². The van der Waals surface area contributed by atoms with Gasteiger partial charge in [0, 0.05) is 24.7 Å². The lowest BCUT2D eigenvalue weighted by Gasteiger charge is -2.14. The standard InChI is InChI=1S/C28H29FO4/c1-3-28(31)33-17-14-24-18-23(11-13-27(24)32-16-5-4-15-30)25-12-10-22(19-26(25)29)21-8-6-20(2)7-9-21/h3,6-13,18-19,30H,1,4-5,14-17H2,2H3. The molecule has 0 aliphatic rings. The third-order valence-corrected chi connectivity index (χ3v) is 5.32. The lowest BCUT2D eigenvalue weighted by molar-refractivity contribution is -0.137. The predicted octanol–water partition coefficient (Wildman–Crippen LogP) is 5.89. The molecule has 0 unspecified atom stereocenters. The molecular formula is C28H29FO4. The normalized spacial score (nSPS) is 10.6. The average Bonchev–Trinajstić information content (AvgIpc) is 2.82. The van der Waals surface area contributed by atoms with Crippen molar-refractivity contribution in [3.05, 3.63) is 90.3 Å². The van der Waals surface area contributed by atoms with Crippen LogP contribution < -0.4 is 4.74 Å². The third kappa shape index (κ3) is 6.77. The molecule has 0 amide bonds. The Bertz CT molecular complexity index is 1090. The molecule has 0 radical (unpaired) electrons. The first-order valence-corrected chi connectivity index (χ1v) is 11.0. The molecule has 3 aromatic rings. The largest absolute Gasteiger partial charge is 0.493 e. The molecular weight excluding hydrogens is 419 g/mol. The number of aryl methyl sites for hydroxylation is 1. The highest BCUT2D eigenvalue weighted by Gasteiger charge is 2.12. The van der Waals surface area contributed by atoms with E-state index in [0.717, 1.165) is 40.3 Å². The van der Waals surface area contributed by atoms with E-state index >= 15 is 4.39 Å². The highest BCUT2D eigenvalue weighted by Crippen LogP contribution is 2.31. The number of halogens is 1. The Balaban J connectivity index is 1.84. The average molecular weight is 449 g/mol. The van der Waals surface area contributed by atoms with E-state index in [0.29, 0.717) is 30.8 Å². The second kappa shape index (κ2) is 12.0. The van der Waals surface area contributed by atoms with E-state index in [4.69, 9.17) is 14.6 Å². The number of hydrogen-bond acceptors (Lipinski definition) is 4. The molecule has 172 valence electrons. The summed E-state index contributed by atoms with van der Waals surface area (Å²) in [5.41, 5.74) is 4.95. The Kier molecular flexibility index (Phi) is 8.79. The molecule has 33 heavy (non-hydrogen) atoms. The minimum Gasteiger partial charge on any atom is -0.493 e. The predicted molar refractivity (Wildman–Crippen MR) is 129 cm³/mol. The van der Waals surface area contributed by atoms with Gasteiger partial charge in [-0.2, -0.15) is 0 Å². The van der Waals surface area contributed by atoms with Crippen LogP contribution in [0.3, 0.4) is 0 Å². The zero-order valence-electron chi connectivity index (χ0n) is 18.9. The summed E-state index contributed by atoms with van der Waals surface area (Å²) in [6, 6.07) is 18.7. The smallest absolute Gasteiger partial charge is 0.330 e. The minimum atomic E-state index is -0.491. The van der Waals surface area contributed by atoms with E-state index in [1.165, 1.54) is 0 Å². The summed E-state index contributed by atoms with van der Waals surface area (Å²) in [7, 11) is 0. The highest BCUT2D eigenvalue weighted by molar-refractivity contribution is 5.81.